The summed E-state index contributed by atoms with van der Waals surface area (Å²) in [5.74, 6) is 1.60. The summed E-state index contributed by atoms with van der Waals surface area (Å²) in [4.78, 5) is 0.277. The lowest BCUT2D eigenvalue weighted by molar-refractivity contribution is 0.322. The lowest BCUT2D eigenvalue weighted by Crippen LogP contribution is -2.29. The summed E-state index contributed by atoms with van der Waals surface area (Å²) in [5.41, 5.74) is 2.76. The zero-order valence-corrected chi connectivity index (χ0v) is 17.5. The minimum Gasteiger partial charge on any atom is -0.496 e. The van der Waals surface area contributed by atoms with E-state index in [0.717, 1.165) is 17.7 Å². The Hall–Kier alpha value is -2.05. The van der Waals surface area contributed by atoms with Crippen LogP contribution in [0.2, 0.25) is 0 Å². The predicted molar refractivity (Wildman–Crippen MR) is 108 cm³/mol. The van der Waals surface area contributed by atoms with E-state index in [0.29, 0.717) is 11.3 Å². The fraction of sp³-hybridized carbons (Fsp3) is 0.429. The van der Waals surface area contributed by atoms with Crippen molar-refractivity contribution in [2.75, 3.05) is 20.3 Å². The second-order valence-corrected chi connectivity index (χ2v) is 8.49. The first-order valence-corrected chi connectivity index (χ1v) is 10.7. The van der Waals surface area contributed by atoms with Crippen molar-refractivity contribution in [3.05, 3.63) is 53.1 Å². The highest BCUT2D eigenvalue weighted by Crippen LogP contribution is 2.31. The van der Waals surface area contributed by atoms with Crippen LogP contribution < -0.4 is 14.2 Å². The summed E-state index contributed by atoms with van der Waals surface area (Å²) in [6, 6.07) is 11.3. The molecule has 0 saturated carbocycles. The molecule has 0 bridgehead atoms. The molecule has 0 amide bonds. The standard InChI is InChI=1S/C21H29NO4S/c1-6-17-7-9-18(10-8-17)26-12-11-22-27(23,24)21-14-19(15(2)3)20(25-5)13-16(21)4/h7-10,13-15,22H,6,11-12H2,1-5H3. The van der Waals surface area contributed by atoms with Crippen LogP contribution in [0.3, 0.4) is 0 Å². The lowest BCUT2D eigenvalue weighted by atomic mass is 10.0. The Labute approximate surface area is 162 Å². The maximum absolute atomic E-state index is 12.7. The lowest BCUT2D eigenvalue weighted by Gasteiger charge is -2.16. The molecule has 2 aromatic carbocycles. The van der Waals surface area contributed by atoms with Crippen LogP contribution in [-0.4, -0.2) is 28.7 Å². The minimum atomic E-state index is -3.62. The van der Waals surface area contributed by atoms with Gasteiger partial charge >= 0.3 is 0 Å². The van der Waals surface area contributed by atoms with Crippen LogP contribution in [-0.2, 0) is 16.4 Å². The second-order valence-electron chi connectivity index (χ2n) is 6.76. The number of methoxy groups -OCH3 is 1. The summed E-state index contributed by atoms with van der Waals surface area (Å²) < 4.78 is 39.1. The van der Waals surface area contributed by atoms with Crippen LogP contribution in [0.1, 0.15) is 43.4 Å². The fourth-order valence-electron chi connectivity index (χ4n) is 2.84. The molecule has 0 fully saturated rings. The van der Waals surface area contributed by atoms with E-state index in [1.807, 2.05) is 38.1 Å². The van der Waals surface area contributed by atoms with E-state index < -0.39 is 10.0 Å². The second kappa shape index (κ2) is 9.24. The van der Waals surface area contributed by atoms with Gasteiger partial charge in [-0.2, -0.15) is 0 Å². The van der Waals surface area contributed by atoms with Crippen molar-refractivity contribution in [2.24, 2.45) is 0 Å². The van der Waals surface area contributed by atoms with E-state index in [1.165, 1.54) is 5.56 Å². The maximum Gasteiger partial charge on any atom is 0.240 e. The average molecular weight is 392 g/mol. The third kappa shape index (κ3) is 5.47. The summed E-state index contributed by atoms with van der Waals surface area (Å²) in [7, 11) is -2.03. The molecular formula is C21H29NO4S. The van der Waals surface area contributed by atoms with E-state index in [1.54, 1.807) is 26.2 Å². The highest BCUT2D eigenvalue weighted by molar-refractivity contribution is 7.89. The molecule has 0 aliphatic carbocycles. The van der Waals surface area contributed by atoms with Gasteiger partial charge in [0.2, 0.25) is 10.0 Å². The van der Waals surface area contributed by atoms with Crippen molar-refractivity contribution in [2.45, 2.75) is 44.9 Å². The summed E-state index contributed by atoms with van der Waals surface area (Å²) in [5, 5.41) is 0. The third-order valence-electron chi connectivity index (χ3n) is 4.43. The van der Waals surface area contributed by atoms with Crippen molar-refractivity contribution >= 4 is 10.0 Å². The molecule has 2 aromatic rings. The van der Waals surface area contributed by atoms with Crippen molar-refractivity contribution in [1.82, 2.24) is 4.72 Å². The normalized spacial score (nSPS) is 11.6. The average Bonchev–Trinajstić information content (AvgIpc) is 2.65. The number of rotatable bonds is 9. The van der Waals surface area contributed by atoms with Crippen molar-refractivity contribution in [3.63, 3.8) is 0 Å². The van der Waals surface area contributed by atoms with E-state index in [2.05, 4.69) is 11.6 Å². The Morgan fingerprint density at radius 3 is 2.33 bits per heavy atom. The molecule has 6 heteroatoms. The van der Waals surface area contributed by atoms with Gasteiger partial charge in [-0.3, -0.25) is 0 Å². The van der Waals surface area contributed by atoms with Crippen LogP contribution in [0.5, 0.6) is 11.5 Å². The molecule has 5 nitrogen and oxygen atoms in total. The quantitative estimate of drug-likeness (QED) is 0.655. The molecule has 0 aliphatic rings. The number of nitrogens with one attached hydrogen (secondary N) is 1. The van der Waals surface area contributed by atoms with E-state index >= 15 is 0 Å². The summed E-state index contributed by atoms with van der Waals surface area (Å²) in [6.07, 6.45) is 0.972. The number of benzene rings is 2. The third-order valence-corrected chi connectivity index (χ3v) is 6.04. The molecule has 1 N–H and O–H groups in total. The van der Waals surface area contributed by atoms with Gasteiger partial charge in [-0.05, 0) is 60.2 Å². The summed E-state index contributed by atoms with van der Waals surface area (Å²) >= 11 is 0. The summed E-state index contributed by atoms with van der Waals surface area (Å²) in [6.45, 7) is 8.34. The molecule has 0 atom stereocenters. The topological polar surface area (TPSA) is 64.6 Å². The molecule has 0 unspecified atom stereocenters. The van der Waals surface area contributed by atoms with E-state index in [-0.39, 0.29) is 24.0 Å². The Bertz CT molecular complexity index is 858. The largest absolute Gasteiger partial charge is 0.496 e. The van der Waals surface area contributed by atoms with Crippen molar-refractivity contribution in [1.29, 1.82) is 0 Å². The highest BCUT2D eigenvalue weighted by atomic mass is 32.2. The van der Waals surface area contributed by atoms with Gasteiger partial charge in [-0.25, -0.2) is 13.1 Å². The van der Waals surface area contributed by atoms with Gasteiger partial charge in [-0.1, -0.05) is 32.9 Å². The number of hydrogen-bond donors (Lipinski definition) is 1. The zero-order valence-electron chi connectivity index (χ0n) is 16.7. The monoisotopic (exact) mass is 391 g/mol. The first kappa shape index (κ1) is 21.3. The number of aryl methyl sites for hydroxylation is 2. The van der Waals surface area contributed by atoms with Gasteiger partial charge in [0.25, 0.3) is 0 Å². The van der Waals surface area contributed by atoms with Gasteiger partial charge in [-0.15, -0.1) is 0 Å². The molecule has 0 aromatic heterocycles. The fourth-order valence-corrected chi connectivity index (χ4v) is 4.11. The van der Waals surface area contributed by atoms with Gasteiger partial charge in [0.1, 0.15) is 18.1 Å². The van der Waals surface area contributed by atoms with Crippen molar-refractivity contribution < 1.29 is 17.9 Å². The van der Waals surface area contributed by atoms with Gasteiger partial charge in [0, 0.05) is 6.54 Å². The Morgan fingerprint density at radius 1 is 1.11 bits per heavy atom. The molecule has 0 heterocycles. The van der Waals surface area contributed by atoms with Crippen LogP contribution in [0.4, 0.5) is 0 Å². The molecule has 0 spiro atoms. The van der Waals surface area contributed by atoms with Crippen LogP contribution in [0.15, 0.2) is 41.3 Å². The molecule has 148 valence electrons. The molecular weight excluding hydrogens is 362 g/mol. The van der Waals surface area contributed by atoms with Crippen LogP contribution in [0, 0.1) is 6.92 Å². The van der Waals surface area contributed by atoms with Gasteiger partial charge < -0.3 is 9.47 Å². The highest BCUT2D eigenvalue weighted by Gasteiger charge is 2.20. The molecule has 2 rings (SSSR count). The van der Waals surface area contributed by atoms with E-state index in [9.17, 15) is 8.42 Å². The van der Waals surface area contributed by atoms with Crippen molar-refractivity contribution in [3.8, 4) is 11.5 Å². The smallest absolute Gasteiger partial charge is 0.240 e. The van der Waals surface area contributed by atoms with Gasteiger partial charge in [0.15, 0.2) is 0 Å². The van der Waals surface area contributed by atoms with Crippen LogP contribution in [0.25, 0.3) is 0 Å². The molecule has 0 saturated heterocycles. The first-order valence-electron chi connectivity index (χ1n) is 9.18. The first-order chi connectivity index (χ1) is 12.8. The SMILES string of the molecule is CCc1ccc(OCCNS(=O)(=O)c2cc(C(C)C)c(OC)cc2C)cc1. The predicted octanol–water partition coefficient (Wildman–Crippen LogP) is 4.05. The Balaban J connectivity index is 2.04. The zero-order chi connectivity index (χ0) is 20.0. The Morgan fingerprint density at radius 2 is 1.78 bits per heavy atom. The van der Waals surface area contributed by atoms with E-state index in [4.69, 9.17) is 9.47 Å². The molecule has 27 heavy (non-hydrogen) atoms. The van der Waals surface area contributed by atoms with Gasteiger partial charge in [0.05, 0.1) is 12.0 Å². The van der Waals surface area contributed by atoms with Crippen LogP contribution >= 0.6 is 0 Å². The Kier molecular flexibility index (Phi) is 7.27. The molecule has 0 radical (unpaired) electrons. The minimum absolute atomic E-state index is 0.156. The molecule has 0 aliphatic heterocycles. The number of ether oxygens (including phenoxy) is 2. The number of sulfonamides is 1. The number of hydrogen-bond acceptors (Lipinski definition) is 4. The maximum atomic E-state index is 12.7.